The van der Waals surface area contributed by atoms with Crippen molar-refractivity contribution in [3.05, 3.63) is 51.4 Å². The predicted molar refractivity (Wildman–Crippen MR) is 85.6 cm³/mol. The van der Waals surface area contributed by atoms with E-state index < -0.39 is 11.7 Å². The number of nitriles is 2. The molecule has 1 N–H and O–H groups in total. The first-order chi connectivity index (χ1) is 12.2. The topological polar surface area (TPSA) is 94.1 Å². The Morgan fingerprint density at radius 2 is 1.77 bits per heavy atom. The highest BCUT2D eigenvalue weighted by atomic mass is 35.5. The zero-order valence-corrected chi connectivity index (χ0v) is 13.9. The van der Waals surface area contributed by atoms with E-state index in [9.17, 15) is 13.2 Å². The Hall–Kier alpha value is -3.01. The van der Waals surface area contributed by atoms with Crippen LogP contribution in [0.15, 0.2) is 24.4 Å². The summed E-state index contributed by atoms with van der Waals surface area (Å²) in [5, 5.41) is 21.5. The lowest BCUT2D eigenvalue weighted by molar-refractivity contribution is -0.137. The van der Waals surface area contributed by atoms with Gasteiger partial charge in [-0.25, -0.2) is 9.67 Å². The van der Waals surface area contributed by atoms with Crippen LogP contribution < -0.4 is 0 Å². The van der Waals surface area contributed by atoms with E-state index in [1.165, 1.54) is 16.9 Å². The van der Waals surface area contributed by atoms with Crippen LogP contribution in [-0.2, 0) is 6.18 Å². The molecule has 1 aromatic carbocycles. The molecule has 26 heavy (non-hydrogen) atoms. The number of nitrogens with zero attached hydrogens (tertiary/aromatic N) is 5. The van der Waals surface area contributed by atoms with Gasteiger partial charge in [0, 0.05) is 6.20 Å². The molecule has 0 fully saturated rings. The number of H-pyrrole nitrogens is 1. The Bertz CT molecular complexity index is 1030. The summed E-state index contributed by atoms with van der Waals surface area (Å²) in [4.78, 5) is 6.57. The molecule has 0 aliphatic carbocycles. The van der Waals surface area contributed by atoms with Crippen LogP contribution in [0, 0.1) is 22.7 Å². The van der Waals surface area contributed by atoms with E-state index in [-0.39, 0.29) is 38.6 Å². The predicted octanol–water partition coefficient (Wildman–Crippen LogP) is 4.33. The van der Waals surface area contributed by atoms with E-state index in [0.29, 0.717) is 0 Å². The molecule has 3 aromatic rings. The first kappa shape index (κ1) is 17.8. The molecule has 0 saturated carbocycles. The van der Waals surface area contributed by atoms with Gasteiger partial charge in [-0.05, 0) is 18.2 Å². The van der Waals surface area contributed by atoms with Crippen molar-refractivity contribution in [2.24, 2.45) is 0 Å². The standard InChI is InChI=1S/C15H5Cl2F3N6/c16-8-3-7(15(18,19)20)4-9(17)13(8)26-2-1-10(25-26)14-23-11(5-21)12(6-22)24-14/h1-4H,(H,23,24). The number of halogens is 5. The summed E-state index contributed by atoms with van der Waals surface area (Å²) in [5.74, 6) is 0.149. The average Bonchev–Trinajstić information content (AvgIpc) is 3.19. The molecule has 11 heteroatoms. The van der Waals surface area contributed by atoms with Crippen LogP contribution in [0.1, 0.15) is 17.0 Å². The van der Waals surface area contributed by atoms with Gasteiger partial charge in [0.15, 0.2) is 17.2 Å². The van der Waals surface area contributed by atoms with Crippen molar-refractivity contribution in [1.82, 2.24) is 19.7 Å². The van der Waals surface area contributed by atoms with Gasteiger partial charge >= 0.3 is 6.18 Å². The van der Waals surface area contributed by atoms with E-state index in [1.54, 1.807) is 12.1 Å². The number of rotatable bonds is 2. The van der Waals surface area contributed by atoms with Crippen molar-refractivity contribution in [3.8, 4) is 29.3 Å². The minimum absolute atomic E-state index is 0.0253. The second kappa shape index (κ2) is 6.37. The summed E-state index contributed by atoms with van der Waals surface area (Å²) >= 11 is 11.9. The maximum absolute atomic E-state index is 12.8. The SMILES string of the molecule is N#Cc1nc(-c2ccn(-c3c(Cl)cc(C(F)(F)F)cc3Cl)n2)[nH]c1C#N. The molecule has 0 spiro atoms. The minimum atomic E-state index is -4.59. The van der Waals surface area contributed by atoms with E-state index >= 15 is 0 Å². The third-order valence-electron chi connectivity index (χ3n) is 3.33. The van der Waals surface area contributed by atoms with Crippen LogP contribution >= 0.6 is 23.2 Å². The third kappa shape index (κ3) is 3.10. The number of alkyl halides is 3. The van der Waals surface area contributed by atoms with Crippen LogP contribution in [0.3, 0.4) is 0 Å². The summed E-state index contributed by atoms with van der Waals surface area (Å²) in [6, 6.07) is 6.53. The number of aromatic amines is 1. The molecule has 0 saturated heterocycles. The van der Waals surface area contributed by atoms with Gasteiger partial charge in [0.1, 0.15) is 23.5 Å². The zero-order chi connectivity index (χ0) is 19.1. The molecular weight excluding hydrogens is 392 g/mol. The van der Waals surface area contributed by atoms with Crippen molar-refractivity contribution in [2.75, 3.05) is 0 Å². The molecule has 3 rings (SSSR count). The molecule has 2 aromatic heterocycles. The summed E-state index contributed by atoms with van der Waals surface area (Å²) in [5.41, 5.74) is -0.799. The first-order valence-corrected chi connectivity index (χ1v) is 7.53. The molecule has 0 atom stereocenters. The number of imidazole rings is 1. The quantitative estimate of drug-likeness (QED) is 0.697. The van der Waals surface area contributed by atoms with Crippen molar-refractivity contribution in [1.29, 1.82) is 10.5 Å². The minimum Gasteiger partial charge on any atom is -0.327 e. The average molecular weight is 397 g/mol. The Morgan fingerprint density at radius 1 is 1.12 bits per heavy atom. The lowest BCUT2D eigenvalue weighted by atomic mass is 10.2. The lowest BCUT2D eigenvalue weighted by Gasteiger charge is -2.12. The molecule has 0 radical (unpaired) electrons. The number of hydrogen-bond donors (Lipinski definition) is 1. The molecule has 0 bridgehead atoms. The maximum Gasteiger partial charge on any atom is 0.416 e. The highest BCUT2D eigenvalue weighted by Gasteiger charge is 2.32. The highest BCUT2D eigenvalue weighted by molar-refractivity contribution is 6.37. The van der Waals surface area contributed by atoms with Gasteiger partial charge in [-0.3, -0.25) is 0 Å². The van der Waals surface area contributed by atoms with Gasteiger partial charge in [0.05, 0.1) is 15.6 Å². The molecule has 0 aliphatic rings. The summed E-state index contributed by atoms with van der Waals surface area (Å²) in [7, 11) is 0. The summed E-state index contributed by atoms with van der Waals surface area (Å²) in [6.07, 6.45) is -3.17. The van der Waals surface area contributed by atoms with Gasteiger partial charge in [0.2, 0.25) is 0 Å². The fourth-order valence-electron chi connectivity index (χ4n) is 2.18. The summed E-state index contributed by atoms with van der Waals surface area (Å²) < 4.78 is 39.6. The van der Waals surface area contributed by atoms with E-state index in [2.05, 4.69) is 15.1 Å². The fourth-order valence-corrected chi connectivity index (χ4v) is 2.84. The smallest absolute Gasteiger partial charge is 0.327 e. The largest absolute Gasteiger partial charge is 0.416 e. The Balaban J connectivity index is 2.05. The van der Waals surface area contributed by atoms with E-state index in [1.807, 2.05) is 0 Å². The Kier molecular flexibility index (Phi) is 4.36. The first-order valence-electron chi connectivity index (χ1n) is 6.77. The Labute approximate surface area is 154 Å². The van der Waals surface area contributed by atoms with Crippen LogP contribution in [0.5, 0.6) is 0 Å². The molecular formula is C15H5Cl2F3N6. The number of nitrogens with one attached hydrogen (secondary N) is 1. The highest BCUT2D eigenvalue weighted by Crippen LogP contribution is 2.37. The van der Waals surface area contributed by atoms with Gasteiger partial charge in [-0.2, -0.15) is 28.8 Å². The Morgan fingerprint density at radius 3 is 2.27 bits per heavy atom. The lowest BCUT2D eigenvalue weighted by Crippen LogP contribution is -2.07. The van der Waals surface area contributed by atoms with E-state index in [0.717, 1.165) is 12.1 Å². The normalized spacial score (nSPS) is 11.2. The molecule has 0 aliphatic heterocycles. The maximum atomic E-state index is 12.8. The van der Waals surface area contributed by atoms with Crippen molar-refractivity contribution < 1.29 is 13.2 Å². The third-order valence-corrected chi connectivity index (χ3v) is 3.90. The number of benzene rings is 1. The van der Waals surface area contributed by atoms with Crippen LogP contribution in [0.25, 0.3) is 17.2 Å². The summed E-state index contributed by atoms with van der Waals surface area (Å²) in [6.45, 7) is 0. The molecule has 0 unspecified atom stereocenters. The fraction of sp³-hybridized carbons (Fsp3) is 0.0667. The van der Waals surface area contributed by atoms with Crippen LogP contribution in [-0.4, -0.2) is 19.7 Å². The van der Waals surface area contributed by atoms with Crippen LogP contribution in [0.2, 0.25) is 10.0 Å². The van der Waals surface area contributed by atoms with Gasteiger partial charge in [0.25, 0.3) is 0 Å². The van der Waals surface area contributed by atoms with Gasteiger partial charge in [-0.1, -0.05) is 23.2 Å². The molecule has 130 valence electrons. The van der Waals surface area contributed by atoms with Crippen molar-refractivity contribution in [2.45, 2.75) is 6.18 Å². The molecule has 6 nitrogen and oxygen atoms in total. The van der Waals surface area contributed by atoms with Gasteiger partial charge in [-0.15, -0.1) is 0 Å². The van der Waals surface area contributed by atoms with Gasteiger partial charge < -0.3 is 4.98 Å². The second-order valence-electron chi connectivity index (χ2n) is 4.96. The monoisotopic (exact) mass is 396 g/mol. The second-order valence-corrected chi connectivity index (χ2v) is 5.78. The van der Waals surface area contributed by atoms with E-state index in [4.69, 9.17) is 33.7 Å². The number of aromatic nitrogens is 4. The molecule has 2 heterocycles. The molecule has 0 amide bonds. The van der Waals surface area contributed by atoms with Crippen molar-refractivity contribution >= 4 is 23.2 Å². The van der Waals surface area contributed by atoms with Crippen molar-refractivity contribution in [3.63, 3.8) is 0 Å². The van der Waals surface area contributed by atoms with Crippen LogP contribution in [0.4, 0.5) is 13.2 Å². The zero-order valence-electron chi connectivity index (χ0n) is 12.4. The number of hydrogen-bond acceptors (Lipinski definition) is 4.